The van der Waals surface area contributed by atoms with Crippen LogP contribution in [0.25, 0.3) is 0 Å². The number of halogens is 4. The molecule has 1 fully saturated rings. The molecule has 4 atom stereocenters. The van der Waals surface area contributed by atoms with E-state index in [1.165, 1.54) is 7.11 Å². The number of aliphatic hydroxyl groups excluding tert-OH is 1. The lowest BCUT2D eigenvalue weighted by Crippen LogP contribution is -2.55. The topological polar surface area (TPSA) is 91.6 Å². The molecule has 2 heterocycles. The van der Waals surface area contributed by atoms with Crippen LogP contribution in [0.1, 0.15) is 29.2 Å². The van der Waals surface area contributed by atoms with Crippen molar-refractivity contribution in [3.63, 3.8) is 0 Å². The van der Waals surface area contributed by atoms with Gasteiger partial charge in [0.15, 0.2) is 28.8 Å². The van der Waals surface area contributed by atoms with Gasteiger partial charge < -0.3 is 29.5 Å². The highest BCUT2D eigenvalue weighted by Crippen LogP contribution is 2.56. The van der Waals surface area contributed by atoms with E-state index in [0.717, 1.165) is 45.0 Å². The van der Waals surface area contributed by atoms with Crippen molar-refractivity contribution in [3.05, 3.63) is 64.3 Å². The van der Waals surface area contributed by atoms with E-state index in [1.54, 1.807) is 20.3 Å². The molecule has 11 heteroatoms. The Balaban J connectivity index is 1.65. The second-order valence-corrected chi connectivity index (χ2v) is 13.0. The SMILES string of the molecule is COC1=C(O)C2C(C=C1Br)C[C@@H]1c3c(Br)c(O)c(OC)c(Br)c3CCN1[C@H]2Cc1cc(O)c(OC)c(Br)c1. The fourth-order valence-corrected chi connectivity index (χ4v) is 9.15. The summed E-state index contributed by atoms with van der Waals surface area (Å²) >= 11 is 14.5. The quantitative estimate of drug-likeness (QED) is 0.295. The molecule has 7 nitrogen and oxygen atoms in total. The van der Waals surface area contributed by atoms with Crippen molar-refractivity contribution in [1.82, 2.24) is 4.90 Å². The van der Waals surface area contributed by atoms with Gasteiger partial charge in [-0.25, -0.2) is 0 Å². The summed E-state index contributed by atoms with van der Waals surface area (Å²) in [5.41, 5.74) is 3.03. The number of aromatic hydroxyl groups is 2. The molecule has 204 valence electrons. The maximum Gasteiger partial charge on any atom is 0.176 e. The number of piperidine rings is 1. The predicted octanol–water partition coefficient (Wildman–Crippen LogP) is 7.26. The van der Waals surface area contributed by atoms with Crippen LogP contribution in [0, 0.1) is 11.8 Å². The molecule has 1 saturated heterocycles. The second kappa shape index (κ2) is 10.9. The molecule has 0 radical (unpaired) electrons. The van der Waals surface area contributed by atoms with E-state index in [0.29, 0.717) is 32.6 Å². The molecule has 0 saturated carbocycles. The highest BCUT2D eigenvalue weighted by molar-refractivity contribution is 9.12. The number of nitrogens with zero attached hydrogens (tertiary/aromatic N) is 1. The standard InChI is InChI=1S/C27H27Br4NO6/c1-36-25-14(28)6-11(8-18(25)33)7-16-19-12(9-15(29)26(37-2)23(19)34)10-17-20-13(4-5-32(16)17)21(30)27(38-3)24(35)22(20)31/h6,8-9,12,16-17,19,33-35H,4-5,7,10H2,1-3H3/t12?,16-,17+,19?/m0/s1. The fraction of sp³-hybridized carbons (Fsp3) is 0.407. The van der Waals surface area contributed by atoms with Crippen LogP contribution >= 0.6 is 63.7 Å². The minimum absolute atomic E-state index is 0.00526. The average Bonchev–Trinajstić information content (AvgIpc) is 2.87. The number of methoxy groups -OCH3 is 3. The lowest BCUT2D eigenvalue weighted by molar-refractivity contribution is 0.000574. The number of phenolic OH excluding ortho intramolecular Hbond substituents is 2. The molecule has 2 unspecified atom stereocenters. The van der Waals surface area contributed by atoms with E-state index >= 15 is 0 Å². The van der Waals surface area contributed by atoms with Crippen LogP contribution in [-0.4, -0.2) is 54.1 Å². The number of phenols is 2. The number of allylic oxidation sites excluding steroid dienone is 2. The summed E-state index contributed by atoms with van der Waals surface area (Å²) in [7, 11) is 4.62. The van der Waals surface area contributed by atoms with Crippen molar-refractivity contribution in [2.75, 3.05) is 27.9 Å². The highest BCUT2D eigenvalue weighted by atomic mass is 79.9. The van der Waals surface area contributed by atoms with Gasteiger partial charge in [0, 0.05) is 24.5 Å². The molecule has 5 rings (SSSR count). The van der Waals surface area contributed by atoms with Crippen LogP contribution in [0.5, 0.6) is 23.0 Å². The van der Waals surface area contributed by atoms with Crippen molar-refractivity contribution in [3.8, 4) is 23.0 Å². The monoisotopic (exact) mass is 777 g/mol. The first-order chi connectivity index (χ1) is 18.1. The first-order valence-corrected chi connectivity index (χ1v) is 15.2. The van der Waals surface area contributed by atoms with Crippen LogP contribution in [0.2, 0.25) is 0 Å². The van der Waals surface area contributed by atoms with E-state index in [-0.39, 0.29) is 41.2 Å². The van der Waals surface area contributed by atoms with Gasteiger partial charge in [-0.05, 0) is 118 Å². The van der Waals surface area contributed by atoms with E-state index in [4.69, 9.17) is 14.2 Å². The summed E-state index contributed by atoms with van der Waals surface area (Å²) in [5, 5.41) is 33.0. The van der Waals surface area contributed by atoms with Crippen molar-refractivity contribution < 1.29 is 29.5 Å². The van der Waals surface area contributed by atoms with Crippen molar-refractivity contribution in [1.29, 1.82) is 0 Å². The van der Waals surface area contributed by atoms with Crippen LogP contribution < -0.4 is 9.47 Å². The molecule has 38 heavy (non-hydrogen) atoms. The predicted molar refractivity (Wildman–Crippen MR) is 158 cm³/mol. The van der Waals surface area contributed by atoms with Gasteiger partial charge in [0.1, 0.15) is 5.76 Å². The summed E-state index contributed by atoms with van der Waals surface area (Å²) < 4.78 is 19.2. The van der Waals surface area contributed by atoms with E-state index < -0.39 is 0 Å². The fourth-order valence-electron chi connectivity index (χ4n) is 6.34. The van der Waals surface area contributed by atoms with Gasteiger partial charge in [-0.3, -0.25) is 4.90 Å². The molecular weight excluding hydrogens is 754 g/mol. The van der Waals surface area contributed by atoms with Gasteiger partial charge in [-0.15, -0.1) is 0 Å². The summed E-state index contributed by atoms with van der Waals surface area (Å²) in [6.45, 7) is 0.744. The Hall–Kier alpha value is -1.40. The highest BCUT2D eigenvalue weighted by Gasteiger charge is 2.50. The largest absolute Gasteiger partial charge is 0.508 e. The average molecular weight is 781 g/mol. The number of hydrogen-bond donors (Lipinski definition) is 3. The van der Waals surface area contributed by atoms with Gasteiger partial charge in [0.05, 0.1) is 39.2 Å². The van der Waals surface area contributed by atoms with Crippen molar-refractivity contribution >= 4 is 63.7 Å². The Morgan fingerprint density at radius 1 is 0.947 bits per heavy atom. The lowest BCUT2D eigenvalue weighted by atomic mass is 9.69. The van der Waals surface area contributed by atoms with Gasteiger partial charge in [0.2, 0.25) is 0 Å². The maximum absolute atomic E-state index is 11.5. The minimum atomic E-state index is -0.221. The molecule has 1 aliphatic carbocycles. The molecule has 0 bridgehead atoms. The molecule has 2 aliphatic heterocycles. The van der Waals surface area contributed by atoms with Crippen molar-refractivity contribution in [2.45, 2.75) is 31.3 Å². The third-order valence-corrected chi connectivity index (χ3v) is 10.7. The number of rotatable bonds is 5. The first-order valence-electron chi connectivity index (χ1n) is 12.0. The molecule has 0 spiro atoms. The smallest absolute Gasteiger partial charge is 0.176 e. The van der Waals surface area contributed by atoms with E-state index in [2.05, 4.69) is 74.7 Å². The first kappa shape index (κ1) is 28.1. The van der Waals surface area contributed by atoms with Gasteiger partial charge >= 0.3 is 0 Å². The van der Waals surface area contributed by atoms with Crippen LogP contribution in [0.4, 0.5) is 0 Å². The zero-order valence-electron chi connectivity index (χ0n) is 20.9. The Kier molecular flexibility index (Phi) is 8.05. The second-order valence-electron chi connectivity index (χ2n) is 9.67. The number of benzene rings is 2. The Morgan fingerprint density at radius 3 is 2.29 bits per heavy atom. The Bertz CT molecular complexity index is 1340. The number of hydrogen-bond acceptors (Lipinski definition) is 7. The summed E-state index contributed by atoms with van der Waals surface area (Å²) in [5.74, 6) is 1.36. The molecular formula is C27H27Br4NO6. The Labute approximate surface area is 255 Å². The summed E-state index contributed by atoms with van der Waals surface area (Å²) in [4.78, 5) is 2.42. The zero-order valence-corrected chi connectivity index (χ0v) is 27.2. The normalized spacial score (nSPS) is 24.8. The molecule has 0 aromatic heterocycles. The van der Waals surface area contributed by atoms with Crippen LogP contribution in [-0.2, 0) is 17.6 Å². The molecule has 2 aromatic carbocycles. The zero-order chi connectivity index (χ0) is 27.5. The third kappa shape index (κ3) is 4.46. The maximum atomic E-state index is 11.5. The molecule has 2 aromatic rings. The minimum Gasteiger partial charge on any atom is -0.508 e. The number of fused-ring (bicyclic) bond motifs is 4. The molecule has 0 amide bonds. The van der Waals surface area contributed by atoms with Gasteiger partial charge in [-0.1, -0.05) is 6.08 Å². The van der Waals surface area contributed by atoms with Crippen LogP contribution in [0.3, 0.4) is 0 Å². The Morgan fingerprint density at radius 2 is 1.66 bits per heavy atom. The number of aliphatic hydroxyl groups is 1. The summed E-state index contributed by atoms with van der Waals surface area (Å²) in [6.07, 6.45) is 4.15. The summed E-state index contributed by atoms with van der Waals surface area (Å²) in [6, 6.07) is 3.51. The lowest BCUT2D eigenvalue weighted by Gasteiger charge is -2.53. The van der Waals surface area contributed by atoms with Gasteiger partial charge in [0.25, 0.3) is 0 Å². The van der Waals surface area contributed by atoms with Crippen molar-refractivity contribution in [2.24, 2.45) is 11.8 Å². The van der Waals surface area contributed by atoms with E-state index in [9.17, 15) is 15.3 Å². The number of ether oxygens (including phenoxy) is 3. The molecule has 3 aliphatic rings. The van der Waals surface area contributed by atoms with E-state index in [1.807, 2.05) is 6.07 Å². The third-order valence-electron chi connectivity index (χ3n) is 7.87. The van der Waals surface area contributed by atoms with Gasteiger partial charge in [-0.2, -0.15) is 0 Å². The molecule has 3 N–H and O–H groups in total. The van der Waals surface area contributed by atoms with Crippen LogP contribution in [0.15, 0.2) is 47.6 Å².